The first-order valence-corrected chi connectivity index (χ1v) is 5.28. The summed E-state index contributed by atoms with van der Waals surface area (Å²) in [6.07, 6.45) is 0. The molecule has 0 aliphatic heterocycles. The maximum Gasteiger partial charge on any atom is 0.277 e. The van der Waals surface area contributed by atoms with Gasteiger partial charge in [0.2, 0.25) is 0 Å². The van der Waals surface area contributed by atoms with Crippen LogP contribution in [0.1, 0.15) is 27.7 Å². The van der Waals surface area contributed by atoms with E-state index in [1.54, 1.807) is 0 Å². The highest BCUT2D eigenvalue weighted by molar-refractivity contribution is 4.52. The maximum atomic E-state index is 9.51. The molecule has 0 bridgehead atoms. The van der Waals surface area contributed by atoms with Crippen molar-refractivity contribution in [3.63, 3.8) is 0 Å². The topological polar surface area (TPSA) is 41.9 Å². The highest BCUT2D eigenvalue weighted by Crippen LogP contribution is 2.06. The predicted molar refractivity (Wildman–Crippen MR) is 56.0 cm³/mol. The van der Waals surface area contributed by atoms with Crippen LogP contribution in [0.4, 0.5) is 0 Å². The van der Waals surface area contributed by atoms with E-state index in [9.17, 15) is 5.11 Å². The van der Waals surface area contributed by atoms with Gasteiger partial charge in [0.1, 0.15) is 0 Å². The van der Waals surface area contributed by atoms with E-state index in [0.717, 1.165) is 19.6 Å². The third-order valence-corrected chi connectivity index (χ3v) is 2.08. The number of nitrogens with zero attached hydrogens (tertiary/aromatic N) is 1. The van der Waals surface area contributed by atoms with Gasteiger partial charge in [-0.3, -0.25) is 0 Å². The second kappa shape index (κ2) is 7.17. The van der Waals surface area contributed by atoms with E-state index >= 15 is 0 Å². The van der Waals surface area contributed by atoms with Crippen molar-refractivity contribution in [1.82, 2.24) is 4.90 Å². The number of aliphatic hydroxyl groups is 1. The van der Waals surface area contributed by atoms with Crippen molar-refractivity contribution in [2.45, 2.75) is 33.7 Å². The summed E-state index contributed by atoms with van der Waals surface area (Å²) in [6.45, 7) is 11.3. The quantitative estimate of drug-likeness (QED) is 0.601. The van der Waals surface area contributed by atoms with Crippen molar-refractivity contribution in [2.75, 3.05) is 32.8 Å². The minimum absolute atomic E-state index is 0.443. The molecular formula is C10H23NO3. The largest absolute Gasteiger partial charge is 0.344 e. The number of likely N-dealkylation sites (N-methyl/N-ethyl adjacent to an activating group) is 1. The molecule has 0 amide bonds. The Morgan fingerprint density at radius 3 is 2.14 bits per heavy atom. The van der Waals surface area contributed by atoms with Crippen molar-refractivity contribution in [3.8, 4) is 0 Å². The molecule has 0 aliphatic carbocycles. The molecule has 0 aliphatic rings. The zero-order chi connectivity index (χ0) is 11.0. The second-order valence-electron chi connectivity index (χ2n) is 3.21. The highest BCUT2D eigenvalue weighted by Gasteiger charge is 2.20. The third kappa shape index (κ3) is 6.32. The van der Waals surface area contributed by atoms with Crippen LogP contribution in [0, 0.1) is 0 Å². The van der Waals surface area contributed by atoms with E-state index in [1.807, 2.05) is 6.92 Å². The summed E-state index contributed by atoms with van der Waals surface area (Å²) < 4.78 is 10.2. The van der Waals surface area contributed by atoms with E-state index in [-0.39, 0.29) is 0 Å². The summed E-state index contributed by atoms with van der Waals surface area (Å²) in [4.78, 5) is 2.22. The number of ether oxygens (including phenoxy) is 2. The van der Waals surface area contributed by atoms with Gasteiger partial charge in [-0.05, 0) is 20.0 Å². The molecule has 0 rings (SSSR count). The average molecular weight is 205 g/mol. The average Bonchev–Trinajstić information content (AvgIpc) is 2.12. The molecule has 0 aromatic carbocycles. The van der Waals surface area contributed by atoms with E-state index in [1.165, 1.54) is 6.92 Å². The van der Waals surface area contributed by atoms with Gasteiger partial charge < -0.3 is 19.5 Å². The van der Waals surface area contributed by atoms with Gasteiger partial charge in [0.05, 0.1) is 6.61 Å². The molecule has 0 aromatic rings. The number of hydrogen-bond donors (Lipinski definition) is 1. The Labute approximate surface area is 86.8 Å². The standard InChI is InChI=1S/C10H23NO3/c1-5-11(6-2)8-9-14-10(4,12)13-7-3/h12H,5-9H2,1-4H3. The Morgan fingerprint density at radius 2 is 1.71 bits per heavy atom. The van der Waals surface area contributed by atoms with Crippen molar-refractivity contribution < 1.29 is 14.6 Å². The Hall–Kier alpha value is -0.160. The fourth-order valence-electron chi connectivity index (χ4n) is 1.21. The van der Waals surface area contributed by atoms with Crippen molar-refractivity contribution in [2.24, 2.45) is 0 Å². The van der Waals surface area contributed by atoms with Crippen LogP contribution in [-0.4, -0.2) is 48.8 Å². The van der Waals surface area contributed by atoms with E-state index in [4.69, 9.17) is 9.47 Å². The van der Waals surface area contributed by atoms with Crippen LogP contribution in [-0.2, 0) is 9.47 Å². The van der Waals surface area contributed by atoms with Gasteiger partial charge in [-0.15, -0.1) is 0 Å². The summed E-state index contributed by atoms with van der Waals surface area (Å²) in [7, 11) is 0. The molecule has 0 saturated heterocycles. The highest BCUT2D eigenvalue weighted by atomic mass is 16.8. The first-order valence-electron chi connectivity index (χ1n) is 5.28. The molecule has 1 atom stereocenters. The number of rotatable bonds is 8. The summed E-state index contributed by atoms with van der Waals surface area (Å²) in [6, 6.07) is 0. The van der Waals surface area contributed by atoms with Crippen LogP contribution in [0.2, 0.25) is 0 Å². The van der Waals surface area contributed by atoms with Crippen LogP contribution < -0.4 is 0 Å². The maximum absolute atomic E-state index is 9.51. The lowest BCUT2D eigenvalue weighted by Crippen LogP contribution is -2.36. The lowest BCUT2D eigenvalue weighted by atomic mass is 10.5. The lowest BCUT2D eigenvalue weighted by molar-refractivity contribution is -0.347. The molecular weight excluding hydrogens is 182 g/mol. The SMILES string of the molecule is CCOC(C)(O)OCCN(CC)CC. The van der Waals surface area contributed by atoms with Gasteiger partial charge in [0.15, 0.2) is 0 Å². The minimum atomic E-state index is -1.44. The molecule has 0 spiro atoms. The van der Waals surface area contributed by atoms with Gasteiger partial charge in [-0.2, -0.15) is 0 Å². The first-order chi connectivity index (χ1) is 6.55. The van der Waals surface area contributed by atoms with E-state index < -0.39 is 5.97 Å². The molecule has 0 radical (unpaired) electrons. The Balaban J connectivity index is 3.60. The van der Waals surface area contributed by atoms with Crippen LogP contribution in [0.3, 0.4) is 0 Å². The van der Waals surface area contributed by atoms with Gasteiger partial charge in [-0.1, -0.05) is 13.8 Å². The first kappa shape index (κ1) is 13.8. The predicted octanol–water partition coefficient (Wildman–Crippen LogP) is 1.05. The molecule has 4 heteroatoms. The fourth-order valence-corrected chi connectivity index (χ4v) is 1.21. The van der Waals surface area contributed by atoms with Gasteiger partial charge in [-0.25, -0.2) is 0 Å². The van der Waals surface area contributed by atoms with Crippen LogP contribution in [0.5, 0.6) is 0 Å². The molecule has 1 N–H and O–H groups in total. The monoisotopic (exact) mass is 205 g/mol. The Bertz CT molecular complexity index is 135. The lowest BCUT2D eigenvalue weighted by Gasteiger charge is -2.25. The third-order valence-electron chi connectivity index (χ3n) is 2.08. The van der Waals surface area contributed by atoms with Gasteiger partial charge in [0, 0.05) is 20.1 Å². The smallest absolute Gasteiger partial charge is 0.277 e. The molecule has 86 valence electrons. The molecule has 0 aromatic heterocycles. The molecule has 0 heterocycles. The Morgan fingerprint density at radius 1 is 1.14 bits per heavy atom. The van der Waals surface area contributed by atoms with Crippen molar-refractivity contribution in [1.29, 1.82) is 0 Å². The van der Waals surface area contributed by atoms with Crippen molar-refractivity contribution in [3.05, 3.63) is 0 Å². The Kier molecular flexibility index (Phi) is 7.09. The van der Waals surface area contributed by atoms with Crippen LogP contribution in [0.15, 0.2) is 0 Å². The van der Waals surface area contributed by atoms with E-state index in [2.05, 4.69) is 18.7 Å². The summed E-state index contributed by atoms with van der Waals surface area (Å²) in [5, 5.41) is 9.51. The minimum Gasteiger partial charge on any atom is -0.344 e. The molecule has 0 fully saturated rings. The van der Waals surface area contributed by atoms with Gasteiger partial charge in [0.25, 0.3) is 5.97 Å². The molecule has 4 nitrogen and oxygen atoms in total. The number of hydrogen-bond acceptors (Lipinski definition) is 4. The summed E-state index contributed by atoms with van der Waals surface area (Å²) in [5.41, 5.74) is 0. The summed E-state index contributed by atoms with van der Waals surface area (Å²) >= 11 is 0. The zero-order valence-corrected chi connectivity index (χ0v) is 9.75. The summed E-state index contributed by atoms with van der Waals surface area (Å²) in [5.74, 6) is -1.44. The van der Waals surface area contributed by atoms with Crippen molar-refractivity contribution >= 4 is 0 Å². The van der Waals surface area contributed by atoms with Gasteiger partial charge >= 0.3 is 0 Å². The second-order valence-corrected chi connectivity index (χ2v) is 3.21. The van der Waals surface area contributed by atoms with Crippen LogP contribution in [0.25, 0.3) is 0 Å². The molecule has 0 saturated carbocycles. The fraction of sp³-hybridized carbons (Fsp3) is 1.00. The molecule has 1 unspecified atom stereocenters. The van der Waals surface area contributed by atoms with Crippen LogP contribution >= 0.6 is 0 Å². The normalized spacial score (nSPS) is 15.9. The zero-order valence-electron chi connectivity index (χ0n) is 9.75. The molecule has 14 heavy (non-hydrogen) atoms. The van der Waals surface area contributed by atoms with E-state index in [0.29, 0.717) is 13.2 Å².